The molecule has 0 aliphatic rings. The molecular weight excluding hydrogens is 238 g/mol. The lowest BCUT2D eigenvalue weighted by Crippen LogP contribution is -1.99. The number of rotatable bonds is 4. The molecule has 17 heavy (non-hydrogen) atoms. The Morgan fingerprint density at radius 1 is 1.41 bits per heavy atom. The number of nitrogens with zero attached hydrogens (tertiary/aromatic N) is 3. The zero-order chi connectivity index (χ0) is 12.3. The highest BCUT2D eigenvalue weighted by Crippen LogP contribution is 2.20. The van der Waals surface area contributed by atoms with Crippen LogP contribution in [0.3, 0.4) is 0 Å². The first-order chi connectivity index (χ1) is 8.19. The topological polar surface area (TPSA) is 39.9 Å². The lowest BCUT2D eigenvalue weighted by Gasteiger charge is -2.04. The van der Waals surface area contributed by atoms with Gasteiger partial charge in [0.05, 0.1) is 24.0 Å². The molecule has 2 heterocycles. The summed E-state index contributed by atoms with van der Waals surface area (Å²) in [4.78, 5) is 4.25. The van der Waals surface area contributed by atoms with E-state index in [1.54, 1.807) is 12.3 Å². The minimum absolute atomic E-state index is 0.314. The van der Waals surface area contributed by atoms with Gasteiger partial charge in [-0.05, 0) is 19.9 Å². The molecule has 0 atom stereocenters. The van der Waals surface area contributed by atoms with Gasteiger partial charge >= 0.3 is 0 Å². The number of halogens is 1. The lowest BCUT2D eigenvalue weighted by atomic mass is 10.4. The Hall–Kier alpha value is -1.55. The molecular formula is C12H14ClN3O. The van der Waals surface area contributed by atoms with Crippen LogP contribution in [0.4, 0.5) is 0 Å². The second-order valence-corrected chi connectivity index (χ2v) is 4.22. The first-order valence-electron chi connectivity index (χ1n) is 5.43. The van der Waals surface area contributed by atoms with Gasteiger partial charge in [-0.2, -0.15) is 5.10 Å². The molecule has 0 amide bonds. The van der Waals surface area contributed by atoms with Crippen LogP contribution in [0.1, 0.15) is 25.6 Å². The predicted octanol–water partition coefficient (Wildman–Crippen LogP) is 3.39. The Bertz CT molecular complexity index is 496. The summed E-state index contributed by atoms with van der Waals surface area (Å²) < 4.78 is 7.43. The smallest absolute Gasteiger partial charge is 0.219 e. The van der Waals surface area contributed by atoms with Gasteiger partial charge in [-0.25, -0.2) is 4.98 Å². The summed E-state index contributed by atoms with van der Waals surface area (Å²) >= 11 is 5.71. The van der Waals surface area contributed by atoms with E-state index in [1.807, 2.05) is 23.0 Å². The molecule has 5 heteroatoms. The normalized spacial score (nSPS) is 10.8. The van der Waals surface area contributed by atoms with Gasteiger partial charge in [-0.3, -0.25) is 4.68 Å². The molecule has 0 N–H and O–H groups in total. The maximum absolute atomic E-state index is 5.71. The maximum atomic E-state index is 5.71. The van der Waals surface area contributed by atoms with Crippen molar-refractivity contribution in [3.63, 3.8) is 0 Å². The Morgan fingerprint density at radius 2 is 2.24 bits per heavy atom. The summed E-state index contributed by atoms with van der Waals surface area (Å²) in [5, 5.41) is 4.19. The first kappa shape index (κ1) is 11.9. The van der Waals surface area contributed by atoms with Crippen molar-refractivity contribution in [1.29, 1.82) is 0 Å². The van der Waals surface area contributed by atoms with Crippen LogP contribution in [0.2, 0.25) is 0 Å². The molecule has 2 aromatic rings. The maximum Gasteiger partial charge on any atom is 0.219 e. The molecule has 0 saturated carbocycles. The van der Waals surface area contributed by atoms with E-state index in [0.717, 1.165) is 5.69 Å². The third-order valence-electron chi connectivity index (χ3n) is 2.25. The molecule has 0 saturated heterocycles. The minimum Gasteiger partial charge on any atom is -0.436 e. The Balaban J connectivity index is 2.13. The second kappa shape index (κ2) is 5.19. The van der Waals surface area contributed by atoms with E-state index >= 15 is 0 Å². The van der Waals surface area contributed by atoms with Gasteiger partial charge < -0.3 is 4.74 Å². The van der Waals surface area contributed by atoms with Crippen molar-refractivity contribution in [3.05, 3.63) is 36.3 Å². The van der Waals surface area contributed by atoms with Gasteiger partial charge in [0.25, 0.3) is 0 Å². The van der Waals surface area contributed by atoms with Crippen molar-refractivity contribution in [2.24, 2.45) is 0 Å². The average molecular weight is 252 g/mol. The molecule has 0 aromatic carbocycles. The summed E-state index contributed by atoms with van der Waals surface area (Å²) in [6.45, 7) is 4.12. The highest BCUT2D eigenvalue weighted by molar-refractivity contribution is 6.16. The monoisotopic (exact) mass is 251 g/mol. The van der Waals surface area contributed by atoms with Crippen molar-refractivity contribution < 1.29 is 4.74 Å². The molecule has 90 valence electrons. The fraction of sp³-hybridized carbons (Fsp3) is 0.333. The van der Waals surface area contributed by atoms with Crippen LogP contribution in [0.5, 0.6) is 11.6 Å². The highest BCUT2D eigenvalue weighted by Gasteiger charge is 2.04. The van der Waals surface area contributed by atoms with E-state index in [2.05, 4.69) is 23.9 Å². The number of pyridine rings is 1. The number of alkyl halides is 1. The Kier molecular flexibility index (Phi) is 3.64. The van der Waals surface area contributed by atoms with E-state index in [9.17, 15) is 0 Å². The Morgan fingerprint density at radius 3 is 2.88 bits per heavy atom. The molecule has 2 rings (SSSR count). The van der Waals surface area contributed by atoms with Crippen LogP contribution >= 0.6 is 11.6 Å². The summed E-state index contributed by atoms with van der Waals surface area (Å²) in [6.07, 6.45) is 3.52. The predicted molar refractivity (Wildman–Crippen MR) is 66.5 cm³/mol. The van der Waals surface area contributed by atoms with Crippen molar-refractivity contribution in [3.8, 4) is 11.6 Å². The number of hydrogen-bond acceptors (Lipinski definition) is 3. The lowest BCUT2D eigenvalue weighted by molar-refractivity contribution is 0.457. The van der Waals surface area contributed by atoms with Crippen molar-refractivity contribution >= 4 is 11.6 Å². The average Bonchev–Trinajstić information content (AvgIpc) is 2.78. The molecule has 0 spiro atoms. The van der Waals surface area contributed by atoms with Gasteiger partial charge in [0.2, 0.25) is 5.88 Å². The van der Waals surface area contributed by atoms with Crippen molar-refractivity contribution in [2.75, 3.05) is 0 Å². The van der Waals surface area contributed by atoms with Gasteiger partial charge in [0.1, 0.15) is 0 Å². The van der Waals surface area contributed by atoms with E-state index in [-0.39, 0.29) is 0 Å². The van der Waals surface area contributed by atoms with E-state index in [0.29, 0.717) is 23.6 Å². The van der Waals surface area contributed by atoms with Crippen LogP contribution < -0.4 is 4.74 Å². The number of ether oxygens (including phenoxy) is 1. The van der Waals surface area contributed by atoms with E-state index in [1.165, 1.54) is 0 Å². The molecule has 0 fully saturated rings. The van der Waals surface area contributed by atoms with Gasteiger partial charge in [0, 0.05) is 12.1 Å². The summed E-state index contributed by atoms with van der Waals surface area (Å²) in [7, 11) is 0. The number of hydrogen-bond donors (Lipinski definition) is 0. The Labute approximate surface area is 105 Å². The van der Waals surface area contributed by atoms with Gasteiger partial charge in [-0.1, -0.05) is 6.07 Å². The highest BCUT2D eigenvalue weighted by atomic mass is 35.5. The molecule has 0 aliphatic carbocycles. The fourth-order valence-corrected chi connectivity index (χ4v) is 1.51. The second-order valence-electron chi connectivity index (χ2n) is 3.95. The van der Waals surface area contributed by atoms with Crippen LogP contribution in [-0.2, 0) is 5.88 Å². The first-order valence-corrected chi connectivity index (χ1v) is 5.96. The third-order valence-corrected chi connectivity index (χ3v) is 2.52. The molecule has 0 bridgehead atoms. The molecule has 4 nitrogen and oxygen atoms in total. The summed E-state index contributed by atoms with van der Waals surface area (Å²) in [5.74, 6) is 1.59. The van der Waals surface area contributed by atoms with E-state index in [4.69, 9.17) is 16.3 Å². The summed E-state index contributed by atoms with van der Waals surface area (Å²) in [5.41, 5.74) is 0.792. The van der Waals surface area contributed by atoms with E-state index < -0.39 is 0 Å². The zero-order valence-electron chi connectivity index (χ0n) is 9.80. The van der Waals surface area contributed by atoms with Crippen LogP contribution in [-0.4, -0.2) is 14.8 Å². The fourth-order valence-electron chi connectivity index (χ4n) is 1.37. The standard InChI is InChI=1S/C12H14ClN3O/c1-9(2)16-8-11(7-14-16)17-12-5-3-4-10(6-13)15-12/h3-5,7-9H,6H2,1-2H3. The van der Waals surface area contributed by atoms with Gasteiger partial charge in [0.15, 0.2) is 5.75 Å². The van der Waals surface area contributed by atoms with Crippen molar-refractivity contribution in [2.45, 2.75) is 25.8 Å². The van der Waals surface area contributed by atoms with Crippen LogP contribution in [0.25, 0.3) is 0 Å². The molecule has 0 radical (unpaired) electrons. The zero-order valence-corrected chi connectivity index (χ0v) is 10.6. The molecule has 0 unspecified atom stereocenters. The third kappa shape index (κ3) is 2.97. The van der Waals surface area contributed by atoms with Crippen LogP contribution in [0, 0.1) is 0 Å². The number of aromatic nitrogens is 3. The van der Waals surface area contributed by atoms with Crippen LogP contribution in [0.15, 0.2) is 30.6 Å². The largest absolute Gasteiger partial charge is 0.436 e. The van der Waals surface area contributed by atoms with Crippen molar-refractivity contribution in [1.82, 2.24) is 14.8 Å². The quantitative estimate of drug-likeness (QED) is 0.782. The summed E-state index contributed by atoms with van der Waals surface area (Å²) in [6, 6.07) is 5.84. The minimum atomic E-state index is 0.314. The SMILES string of the molecule is CC(C)n1cc(Oc2cccc(CCl)n2)cn1. The molecule has 0 aliphatic heterocycles. The molecule has 2 aromatic heterocycles. The van der Waals surface area contributed by atoms with Gasteiger partial charge in [-0.15, -0.1) is 11.6 Å².